The normalized spacial score (nSPS) is 12.8. The summed E-state index contributed by atoms with van der Waals surface area (Å²) >= 11 is 3.18. The van der Waals surface area contributed by atoms with Gasteiger partial charge in [-0.3, -0.25) is 9.69 Å². The number of nitrogens with zero attached hydrogens (tertiary/aromatic N) is 1. The van der Waals surface area contributed by atoms with E-state index in [-0.39, 0.29) is 0 Å². The van der Waals surface area contributed by atoms with Gasteiger partial charge >= 0.3 is 0 Å². The zero-order valence-corrected chi connectivity index (χ0v) is 11.5. The predicted molar refractivity (Wildman–Crippen MR) is 69.0 cm³/mol. The minimum absolute atomic E-state index is 0.324. The third-order valence-electron chi connectivity index (χ3n) is 2.70. The molecule has 2 N–H and O–H groups in total. The van der Waals surface area contributed by atoms with E-state index in [2.05, 4.69) is 15.9 Å². The molecule has 0 unspecified atom stereocenters. The molecule has 0 aliphatic carbocycles. The Morgan fingerprint density at radius 2 is 2.06 bits per heavy atom. The molecule has 3 nitrogen and oxygen atoms in total. The van der Waals surface area contributed by atoms with Gasteiger partial charge in [0.25, 0.3) is 0 Å². The van der Waals surface area contributed by atoms with Crippen molar-refractivity contribution < 1.29 is 9.18 Å². The van der Waals surface area contributed by atoms with Crippen LogP contribution < -0.4 is 5.73 Å². The summed E-state index contributed by atoms with van der Waals surface area (Å²) < 4.78 is 14.5. The first-order chi connectivity index (χ1) is 8.01. The van der Waals surface area contributed by atoms with E-state index < -0.39 is 17.8 Å². The number of nitrogens with two attached hydrogens (primary N) is 1. The molecule has 0 saturated heterocycles. The highest BCUT2D eigenvalue weighted by Crippen LogP contribution is 2.25. The second-order valence-electron chi connectivity index (χ2n) is 3.69. The summed E-state index contributed by atoms with van der Waals surface area (Å²) in [4.78, 5) is 13.3. The average Bonchev–Trinajstić information content (AvgIpc) is 2.26. The molecule has 1 aromatic rings. The molecule has 1 rings (SSSR count). The summed E-state index contributed by atoms with van der Waals surface area (Å²) in [6, 6.07) is 3.93. The quantitative estimate of drug-likeness (QED) is 0.908. The highest BCUT2D eigenvalue weighted by Gasteiger charge is 2.26. The first-order valence-corrected chi connectivity index (χ1v) is 6.28. The Bertz CT molecular complexity index is 407. The summed E-state index contributed by atoms with van der Waals surface area (Å²) in [5.41, 5.74) is 5.69. The van der Waals surface area contributed by atoms with E-state index in [0.29, 0.717) is 23.1 Å². The molecule has 0 aliphatic rings. The lowest BCUT2D eigenvalue weighted by Gasteiger charge is -2.27. The summed E-state index contributed by atoms with van der Waals surface area (Å²) in [6.07, 6.45) is 0. The van der Waals surface area contributed by atoms with Gasteiger partial charge < -0.3 is 5.73 Å². The van der Waals surface area contributed by atoms with E-state index in [1.807, 2.05) is 18.7 Å². The van der Waals surface area contributed by atoms with Gasteiger partial charge in [0.1, 0.15) is 11.9 Å². The Morgan fingerprint density at radius 3 is 2.47 bits per heavy atom. The predicted octanol–water partition coefficient (Wildman–Crippen LogP) is 2.46. The van der Waals surface area contributed by atoms with Crippen LogP contribution in [0.5, 0.6) is 0 Å². The van der Waals surface area contributed by atoms with Gasteiger partial charge in [-0.2, -0.15) is 0 Å². The maximum atomic E-state index is 13.8. The first-order valence-electron chi connectivity index (χ1n) is 5.49. The molecule has 0 saturated carbocycles. The minimum atomic E-state index is -0.710. The Kier molecular flexibility index (Phi) is 5.08. The molecular weight excluding hydrogens is 287 g/mol. The Hall–Kier alpha value is -0.940. The zero-order chi connectivity index (χ0) is 13.0. The number of halogens is 2. The molecule has 0 spiro atoms. The van der Waals surface area contributed by atoms with Gasteiger partial charge in [-0.1, -0.05) is 35.8 Å². The van der Waals surface area contributed by atoms with E-state index >= 15 is 0 Å². The fraction of sp³-hybridized carbons (Fsp3) is 0.417. The van der Waals surface area contributed by atoms with Crippen LogP contribution in [0.25, 0.3) is 0 Å². The molecule has 1 aromatic carbocycles. The van der Waals surface area contributed by atoms with Crippen LogP contribution in [0.4, 0.5) is 4.39 Å². The average molecular weight is 303 g/mol. The van der Waals surface area contributed by atoms with Crippen molar-refractivity contribution in [2.75, 3.05) is 13.1 Å². The maximum absolute atomic E-state index is 13.8. The molecule has 1 atom stereocenters. The Labute approximate surface area is 109 Å². The van der Waals surface area contributed by atoms with Crippen molar-refractivity contribution >= 4 is 21.8 Å². The minimum Gasteiger partial charge on any atom is -0.368 e. The molecule has 0 bridgehead atoms. The van der Waals surface area contributed by atoms with Gasteiger partial charge in [-0.25, -0.2) is 4.39 Å². The summed E-state index contributed by atoms with van der Waals surface area (Å²) in [5, 5.41) is 0. The van der Waals surface area contributed by atoms with Crippen molar-refractivity contribution in [1.82, 2.24) is 4.90 Å². The van der Waals surface area contributed by atoms with E-state index in [1.54, 1.807) is 12.1 Å². The Morgan fingerprint density at radius 1 is 1.47 bits per heavy atom. The second-order valence-corrected chi connectivity index (χ2v) is 4.61. The molecule has 0 aromatic heterocycles. The van der Waals surface area contributed by atoms with Crippen molar-refractivity contribution in [2.24, 2.45) is 5.73 Å². The summed E-state index contributed by atoms with van der Waals surface area (Å²) in [7, 11) is 0. The van der Waals surface area contributed by atoms with Gasteiger partial charge in [-0.15, -0.1) is 0 Å². The van der Waals surface area contributed by atoms with Gasteiger partial charge in [0.2, 0.25) is 5.91 Å². The number of carbonyl (C=O) groups excluding carboxylic acids is 1. The van der Waals surface area contributed by atoms with Crippen LogP contribution in [0.3, 0.4) is 0 Å². The third-order valence-corrected chi connectivity index (χ3v) is 3.20. The number of carbonyl (C=O) groups is 1. The molecule has 0 heterocycles. The SMILES string of the molecule is CCN(CC)[C@@H](C(N)=O)c1ccc(Br)cc1F. The molecule has 0 radical (unpaired) electrons. The third kappa shape index (κ3) is 3.26. The van der Waals surface area contributed by atoms with Crippen molar-refractivity contribution in [1.29, 1.82) is 0 Å². The Balaban J connectivity index is 3.18. The van der Waals surface area contributed by atoms with Crippen molar-refractivity contribution in [3.63, 3.8) is 0 Å². The van der Waals surface area contributed by atoms with E-state index in [9.17, 15) is 9.18 Å². The maximum Gasteiger partial charge on any atom is 0.239 e. The van der Waals surface area contributed by atoms with Crippen LogP contribution in [0.15, 0.2) is 22.7 Å². The van der Waals surface area contributed by atoms with Crippen LogP contribution in [-0.4, -0.2) is 23.9 Å². The lowest BCUT2D eigenvalue weighted by molar-refractivity contribution is -0.123. The van der Waals surface area contributed by atoms with Gasteiger partial charge in [-0.05, 0) is 25.2 Å². The standard InChI is InChI=1S/C12H16BrFN2O/c1-3-16(4-2)11(12(15)17)9-6-5-8(13)7-10(9)14/h5-7,11H,3-4H2,1-2H3,(H2,15,17)/t11-/m1/s1. The highest BCUT2D eigenvalue weighted by atomic mass is 79.9. The second kappa shape index (κ2) is 6.12. The number of hydrogen-bond acceptors (Lipinski definition) is 2. The van der Waals surface area contributed by atoms with Crippen molar-refractivity contribution in [3.05, 3.63) is 34.1 Å². The lowest BCUT2D eigenvalue weighted by Crippen LogP contribution is -2.38. The highest BCUT2D eigenvalue weighted by molar-refractivity contribution is 9.10. The smallest absolute Gasteiger partial charge is 0.239 e. The summed E-state index contributed by atoms with van der Waals surface area (Å²) in [5.74, 6) is -0.954. The van der Waals surface area contributed by atoms with Gasteiger partial charge in [0.05, 0.1) is 0 Å². The zero-order valence-electron chi connectivity index (χ0n) is 9.91. The van der Waals surface area contributed by atoms with Crippen LogP contribution in [0.1, 0.15) is 25.5 Å². The fourth-order valence-electron chi connectivity index (χ4n) is 1.84. The molecule has 5 heteroatoms. The molecule has 94 valence electrons. The molecule has 0 fully saturated rings. The lowest BCUT2D eigenvalue weighted by atomic mass is 10.0. The molecule has 0 aliphatic heterocycles. The molecule has 1 amide bonds. The van der Waals surface area contributed by atoms with Crippen LogP contribution in [0, 0.1) is 5.82 Å². The van der Waals surface area contributed by atoms with E-state index in [4.69, 9.17) is 5.73 Å². The topological polar surface area (TPSA) is 46.3 Å². The number of amides is 1. The molecular formula is C12H16BrFN2O. The van der Waals surface area contributed by atoms with Crippen LogP contribution in [-0.2, 0) is 4.79 Å². The monoisotopic (exact) mass is 302 g/mol. The first kappa shape index (κ1) is 14.1. The van der Waals surface area contributed by atoms with Crippen molar-refractivity contribution in [2.45, 2.75) is 19.9 Å². The number of benzene rings is 1. The number of hydrogen-bond donors (Lipinski definition) is 1. The van der Waals surface area contributed by atoms with Gasteiger partial charge in [0.15, 0.2) is 0 Å². The number of primary amides is 1. The van der Waals surface area contributed by atoms with Crippen LogP contribution >= 0.6 is 15.9 Å². The van der Waals surface area contributed by atoms with Gasteiger partial charge in [0, 0.05) is 10.0 Å². The van der Waals surface area contributed by atoms with Crippen molar-refractivity contribution in [3.8, 4) is 0 Å². The van der Waals surface area contributed by atoms with E-state index in [0.717, 1.165) is 0 Å². The number of rotatable bonds is 5. The fourth-order valence-corrected chi connectivity index (χ4v) is 2.18. The largest absolute Gasteiger partial charge is 0.368 e. The van der Waals surface area contributed by atoms with Crippen LogP contribution in [0.2, 0.25) is 0 Å². The summed E-state index contributed by atoms with van der Waals surface area (Å²) in [6.45, 7) is 5.10. The van der Waals surface area contributed by atoms with E-state index in [1.165, 1.54) is 6.07 Å². The molecule has 17 heavy (non-hydrogen) atoms. The number of likely N-dealkylation sites (N-methyl/N-ethyl adjacent to an activating group) is 1.